The first kappa shape index (κ1) is 11.0. The van der Waals surface area contributed by atoms with E-state index < -0.39 is 6.09 Å². The van der Waals surface area contributed by atoms with Crippen LogP contribution in [0, 0.1) is 0 Å². The molecule has 0 saturated carbocycles. The predicted octanol–water partition coefficient (Wildman–Crippen LogP) is 2.57. The van der Waals surface area contributed by atoms with Crippen LogP contribution in [0.3, 0.4) is 0 Å². The lowest BCUT2D eigenvalue weighted by atomic mass is 10.1. The van der Waals surface area contributed by atoms with Crippen LogP contribution in [0.2, 0.25) is 0 Å². The van der Waals surface area contributed by atoms with Crippen LogP contribution in [0.4, 0.5) is 10.5 Å². The Bertz CT molecular complexity index is 347. The minimum Gasteiger partial charge on any atom is -0.464 e. The maximum atomic E-state index is 11.3. The third kappa shape index (κ3) is 2.33. The van der Waals surface area contributed by atoms with Crippen LogP contribution in [0.15, 0.2) is 30.3 Å². The molecule has 0 aromatic heterocycles. The van der Waals surface area contributed by atoms with Crippen LogP contribution in [-0.2, 0) is 0 Å². The zero-order chi connectivity index (χ0) is 11.4. The number of hydrogen-bond acceptors (Lipinski definition) is 2. The van der Waals surface area contributed by atoms with Crippen LogP contribution in [0.1, 0.15) is 19.3 Å². The Hall–Kier alpha value is -1.55. The van der Waals surface area contributed by atoms with Gasteiger partial charge in [-0.25, -0.2) is 14.8 Å². The summed E-state index contributed by atoms with van der Waals surface area (Å²) in [5, 5.41) is 12.5. The number of nitrogens with zero attached hydrogens (tertiary/aromatic N) is 2. The van der Waals surface area contributed by atoms with E-state index in [1.54, 1.807) is 0 Å². The summed E-state index contributed by atoms with van der Waals surface area (Å²) in [4.78, 5) is 11.3. The van der Waals surface area contributed by atoms with Crippen molar-refractivity contribution >= 4 is 11.8 Å². The Morgan fingerprint density at radius 3 is 2.31 bits per heavy atom. The highest BCUT2D eigenvalue weighted by Crippen LogP contribution is 2.19. The molecule has 4 heteroatoms. The number of para-hydroxylation sites is 1. The number of hydrazine groups is 1. The molecular formula is C12H16N2O2. The lowest BCUT2D eigenvalue weighted by molar-refractivity contribution is 0.157. The van der Waals surface area contributed by atoms with Crippen molar-refractivity contribution in [2.75, 3.05) is 18.1 Å². The summed E-state index contributed by atoms with van der Waals surface area (Å²) >= 11 is 0. The fourth-order valence-electron chi connectivity index (χ4n) is 2.04. The van der Waals surface area contributed by atoms with Crippen molar-refractivity contribution in [3.05, 3.63) is 30.3 Å². The number of carbonyl (C=O) groups is 1. The molecule has 0 unspecified atom stereocenters. The molecule has 1 fully saturated rings. The van der Waals surface area contributed by atoms with Gasteiger partial charge in [-0.3, -0.25) is 0 Å². The second-order valence-electron chi connectivity index (χ2n) is 3.94. The molecule has 0 atom stereocenters. The van der Waals surface area contributed by atoms with Gasteiger partial charge in [0.1, 0.15) is 0 Å². The normalized spacial score (nSPS) is 17.0. The topological polar surface area (TPSA) is 43.8 Å². The smallest absolute Gasteiger partial charge is 0.426 e. The molecule has 4 nitrogen and oxygen atoms in total. The monoisotopic (exact) mass is 220 g/mol. The summed E-state index contributed by atoms with van der Waals surface area (Å²) in [6, 6.07) is 9.25. The molecule has 0 radical (unpaired) electrons. The predicted molar refractivity (Wildman–Crippen MR) is 62.4 cm³/mol. The van der Waals surface area contributed by atoms with Gasteiger partial charge in [0.05, 0.1) is 5.69 Å². The summed E-state index contributed by atoms with van der Waals surface area (Å²) in [6.45, 7) is 1.64. The second kappa shape index (κ2) is 4.99. The van der Waals surface area contributed by atoms with Gasteiger partial charge in [-0.05, 0) is 25.0 Å². The van der Waals surface area contributed by atoms with Gasteiger partial charge in [0, 0.05) is 13.1 Å². The molecule has 1 amide bonds. The molecule has 0 bridgehead atoms. The third-order valence-electron chi connectivity index (χ3n) is 2.80. The van der Waals surface area contributed by atoms with Crippen molar-refractivity contribution in [2.45, 2.75) is 19.3 Å². The van der Waals surface area contributed by atoms with Crippen molar-refractivity contribution in [1.82, 2.24) is 5.01 Å². The lowest BCUT2D eigenvalue weighted by Crippen LogP contribution is -2.48. The first-order valence-electron chi connectivity index (χ1n) is 5.62. The molecule has 1 saturated heterocycles. The van der Waals surface area contributed by atoms with Gasteiger partial charge in [-0.15, -0.1) is 0 Å². The Kier molecular flexibility index (Phi) is 3.41. The van der Waals surface area contributed by atoms with Gasteiger partial charge in [0.15, 0.2) is 0 Å². The van der Waals surface area contributed by atoms with Crippen molar-refractivity contribution in [1.29, 1.82) is 0 Å². The highest BCUT2D eigenvalue weighted by Gasteiger charge is 2.23. The van der Waals surface area contributed by atoms with Gasteiger partial charge in [-0.1, -0.05) is 24.6 Å². The van der Waals surface area contributed by atoms with Crippen LogP contribution in [0.5, 0.6) is 0 Å². The van der Waals surface area contributed by atoms with E-state index in [9.17, 15) is 9.90 Å². The Balaban J connectivity index is 2.20. The van der Waals surface area contributed by atoms with E-state index in [2.05, 4.69) is 0 Å². The van der Waals surface area contributed by atoms with E-state index in [0.29, 0.717) is 0 Å². The van der Waals surface area contributed by atoms with E-state index in [0.717, 1.165) is 31.6 Å². The van der Waals surface area contributed by atoms with E-state index >= 15 is 0 Å². The van der Waals surface area contributed by atoms with Crippen LogP contribution >= 0.6 is 0 Å². The van der Waals surface area contributed by atoms with Gasteiger partial charge in [0.2, 0.25) is 0 Å². The molecule has 16 heavy (non-hydrogen) atoms. The number of anilines is 1. The van der Waals surface area contributed by atoms with Crippen molar-refractivity contribution in [3.8, 4) is 0 Å². The Morgan fingerprint density at radius 2 is 1.75 bits per heavy atom. The molecule has 1 aliphatic heterocycles. The minimum atomic E-state index is -0.909. The first-order valence-corrected chi connectivity index (χ1v) is 5.62. The standard InChI is InChI=1S/C12H16N2O2/c15-12(16)14(11-7-3-1-4-8-11)13-9-5-2-6-10-13/h1,3-4,7-8H,2,5-6,9-10H2,(H,15,16). The highest BCUT2D eigenvalue weighted by atomic mass is 16.4. The van der Waals surface area contributed by atoms with Gasteiger partial charge in [0.25, 0.3) is 0 Å². The quantitative estimate of drug-likeness (QED) is 0.833. The maximum Gasteiger partial charge on any atom is 0.426 e. The van der Waals surface area contributed by atoms with Gasteiger partial charge >= 0.3 is 6.09 Å². The molecular weight excluding hydrogens is 204 g/mol. The molecule has 2 rings (SSSR count). The lowest BCUT2D eigenvalue weighted by Gasteiger charge is -2.35. The third-order valence-corrected chi connectivity index (χ3v) is 2.80. The molecule has 86 valence electrons. The van der Waals surface area contributed by atoms with Crippen LogP contribution in [0.25, 0.3) is 0 Å². The fourth-order valence-corrected chi connectivity index (χ4v) is 2.04. The molecule has 1 aromatic carbocycles. The summed E-state index contributed by atoms with van der Waals surface area (Å²) in [7, 11) is 0. The fraction of sp³-hybridized carbons (Fsp3) is 0.417. The summed E-state index contributed by atoms with van der Waals surface area (Å²) < 4.78 is 0. The number of rotatable bonds is 2. The SMILES string of the molecule is O=C(O)N(c1ccccc1)N1CCCCC1. The Labute approximate surface area is 95.1 Å². The van der Waals surface area contributed by atoms with E-state index in [1.807, 2.05) is 35.3 Å². The van der Waals surface area contributed by atoms with E-state index in [1.165, 1.54) is 11.4 Å². The van der Waals surface area contributed by atoms with Gasteiger partial charge < -0.3 is 5.11 Å². The second-order valence-corrected chi connectivity index (χ2v) is 3.94. The summed E-state index contributed by atoms with van der Waals surface area (Å²) in [5.41, 5.74) is 0.719. The number of benzene rings is 1. The highest BCUT2D eigenvalue weighted by molar-refractivity contribution is 5.84. The summed E-state index contributed by atoms with van der Waals surface area (Å²) in [5.74, 6) is 0. The molecule has 1 aromatic rings. The van der Waals surface area contributed by atoms with Gasteiger partial charge in [-0.2, -0.15) is 0 Å². The largest absolute Gasteiger partial charge is 0.464 e. The van der Waals surface area contributed by atoms with Crippen molar-refractivity contribution < 1.29 is 9.90 Å². The van der Waals surface area contributed by atoms with Crippen molar-refractivity contribution in [2.24, 2.45) is 0 Å². The molecule has 1 heterocycles. The van der Waals surface area contributed by atoms with E-state index in [4.69, 9.17) is 0 Å². The summed E-state index contributed by atoms with van der Waals surface area (Å²) in [6.07, 6.45) is 2.42. The zero-order valence-corrected chi connectivity index (χ0v) is 9.17. The molecule has 1 aliphatic rings. The average Bonchev–Trinajstić information content (AvgIpc) is 2.31. The first-order chi connectivity index (χ1) is 7.79. The van der Waals surface area contributed by atoms with E-state index in [-0.39, 0.29) is 0 Å². The zero-order valence-electron chi connectivity index (χ0n) is 9.17. The van der Waals surface area contributed by atoms with Crippen molar-refractivity contribution in [3.63, 3.8) is 0 Å². The minimum absolute atomic E-state index is 0.719. The molecule has 0 aliphatic carbocycles. The number of hydrogen-bond donors (Lipinski definition) is 1. The maximum absolute atomic E-state index is 11.3. The number of piperidine rings is 1. The van der Waals surface area contributed by atoms with Crippen LogP contribution in [-0.4, -0.2) is 29.3 Å². The number of amides is 1. The average molecular weight is 220 g/mol. The van der Waals surface area contributed by atoms with Crippen LogP contribution < -0.4 is 5.01 Å². The number of carboxylic acid groups (broad SMARTS) is 1. The molecule has 1 N–H and O–H groups in total. The molecule has 0 spiro atoms. The Morgan fingerprint density at radius 1 is 1.12 bits per heavy atom.